The molecule has 2 aromatic rings. The number of carbonyl (C=O) groups is 3. The normalized spacial score (nSPS) is 15.1. The predicted molar refractivity (Wildman–Crippen MR) is 134 cm³/mol. The molecule has 0 aliphatic carbocycles. The summed E-state index contributed by atoms with van der Waals surface area (Å²) < 4.78 is 11.5. The number of thiocarbonyl (C=S) groups is 1. The third-order valence-electron chi connectivity index (χ3n) is 4.67. The molecule has 2 amide bonds. The second-order valence-corrected chi connectivity index (χ2v) is 10.2. The summed E-state index contributed by atoms with van der Waals surface area (Å²) in [6, 6.07) is 9.86. The molecule has 0 atom stereocenters. The van der Waals surface area contributed by atoms with E-state index in [2.05, 4.69) is 5.32 Å². The maximum absolute atomic E-state index is 12.8. The minimum atomic E-state index is -0.993. The highest BCUT2D eigenvalue weighted by atomic mass is 32.2. The topological polar surface area (TPSA) is 109 Å². The molecule has 0 unspecified atom stereocenters. The first-order valence-corrected chi connectivity index (χ1v) is 11.9. The van der Waals surface area contributed by atoms with Crippen molar-refractivity contribution in [1.82, 2.24) is 10.2 Å². The Morgan fingerprint density at radius 2 is 1.88 bits per heavy atom. The summed E-state index contributed by atoms with van der Waals surface area (Å²) in [7, 11) is 0. The molecule has 1 aromatic heterocycles. The van der Waals surface area contributed by atoms with Gasteiger partial charge in [-0.2, -0.15) is 0 Å². The van der Waals surface area contributed by atoms with Crippen LogP contribution in [-0.2, 0) is 9.53 Å². The molecule has 8 nitrogen and oxygen atoms in total. The van der Waals surface area contributed by atoms with Gasteiger partial charge in [-0.15, -0.1) is 0 Å². The van der Waals surface area contributed by atoms with Crippen molar-refractivity contribution in [2.24, 2.45) is 0 Å². The first-order valence-electron chi connectivity index (χ1n) is 10.7. The maximum Gasteiger partial charge on any atom is 0.407 e. The molecule has 10 heteroatoms. The number of unbranched alkanes of at least 4 members (excludes halogenated alkanes) is 1. The summed E-state index contributed by atoms with van der Waals surface area (Å²) in [5, 5.41) is 11.7. The predicted octanol–water partition coefficient (Wildman–Crippen LogP) is 5.15. The van der Waals surface area contributed by atoms with Crippen molar-refractivity contribution < 1.29 is 28.6 Å². The largest absolute Gasteiger partial charge is 0.478 e. The van der Waals surface area contributed by atoms with Crippen molar-refractivity contribution in [3.8, 4) is 11.3 Å². The Kier molecular flexibility index (Phi) is 8.16. The molecule has 0 radical (unpaired) electrons. The minimum absolute atomic E-state index is 0.182. The zero-order valence-corrected chi connectivity index (χ0v) is 20.8. The number of rotatable bonds is 8. The van der Waals surface area contributed by atoms with E-state index in [9.17, 15) is 14.4 Å². The van der Waals surface area contributed by atoms with Crippen LogP contribution in [0.1, 0.15) is 49.7 Å². The van der Waals surface area contributed by atoms with Crippen LogP contribution in [0, 0.1) is 0 Å². The summed E-state index contributed by atoms with van der Waals surface area (Å²) >= 11 is 6.58. The zero-order chi connectivity index (χ0) is 24.9. The molecule has 0 saturated carbocycles. The number of furan rings is 1. The number of nitrogens with zero attached hydrogens (tertiary/aromatic N) is 1. The fourth-order valence-corrected chi connectivity index (χ4v) is 4.37. The van der Waals surface area contributed by atoms with Gasteiger partial charge in [-0.25, -0.2) is 9.59 Å². The lowest BCUT2D eigenvalue weighted by Crippen LogP contribution is -2.33. The number of amides is 2. The second kappa shape index (κ2) is 10.9. The van der Waals surface area contributed by atoms with E-state index in [1.165, 1.54) is 23.9 Å². The average molecular weight is 503 g/mol. The smallest absolute Gasteiger partial charge is 0.407 e. The molecule has 0 bridgehead atoms. The molecule has 1 fully saturated rings. The average Bonchev–Trinajstić information content (AvgIpc) is 3.32. The van der Waals surface area contributed by atoms with Crippen LogP contribution in [0.25, 0.3) is 17.4 Å². The Morgan fingerprint density at radius 3 is 2.53 bits per heavy atom. The standard InChI is InChI=1S/C24H26N2O6S2/c1-24(2,3)32-22(30)25-12-4-5-13-26-20(27)19(34-23(26)33)14-17-10-11-18(31-17)15-6-8-16(9-7-15)21(28)29/h6-11,14H,4-5,12-13H2,1-3H3,(H,25,30)(H,28,29)/b19-14-. The Balaban J connectivity index is 1.53. The van der Waals surface area contributed by atoms with Gasteiger partial charge in [0.25, 0.3) is 5.91 Å². The summed E-state index contributed by atoms with van der Waals surface area (Å²) in [6.45, 7) is 6.31. The number of carbonyl (C=O) groups excluding carboxylic acids is 2. The first-order chi connectivity index (χ1) is 16.0. The van der Waals surface area contributed by atoms with Crippen LogP contribution in [-0.4, -0.2) is 51.0 Å². The van der Waals surface area contributed by atoms with E-state index in [1.54, 1.807) is 56.0 Å². The molecule has 1 aliphatic heterocycles. The van der Waals surface area contributed by atoms with Crippen LogP contribution >= 0.6 is 24.0 Å². The third kappa shape index (κ3) is 6.94. The highest BCUT2D eigenvalue weighted by molar-refractivity contribution is 8.26. The Labute approximate surface area is 207 Å². The Bertz CT molecular complexity index is 1120. The van der Waals surface area contributed by atoms with Crippen LogP contribution in [0.15, 0.2) is 45.7 Å². The molecule has 2 heterocycles. The molecule has 34 heavy (non-hydrogen) atoms. The Hall–Kier alpha value is -3.11. The number of benzene rings is 1. The number of hydrogen-bond donors (Lipinski definition) is 2. The summed E-state index contributed by atoms with van der Waals surface area (Å²) in [4.78, 5) is 37.5. The van der Waals surface area contributed by atoms with Gasteiger partial charge in [-0.1, -0.05) is 36.1 Å². The number of nitrogens with one attached hydrogen (secondary N) is 1. The lowest BCUT2D eigenvalue weighted by atomic mass is 10.1. The maximum atomic E-state index is 12.8. The number of alkyl carbamates (subject to hydrolysis) is 1. The highest BCUT2D eigenvalue weighted by Crippen LogP contribution is 2.33. The van der Waals surface area contributed by atoms with Crippen LogP contribution in [0.4, 0.5) is 4.79 Å². The number of aromatic carboxylic acids is 1. The molecule has 0 spiro atoms. The van der Waals surface area contributed by atoms with Crippen LogP contribution < -0.4 is 5.32 Å². The number of thioether (sulfide) groups is 1. The van der Waals surface area contributed by atoms with Crippen molar-refractivity contribution in [2.45, 2.75) is 39.2 Å². The summed E-state index contributed by atoms with van der Waals surface area (Å²) in [6.07, 6.45) is 2.54. The van der Waals surface area contributed by atoms with E-state index in [0.29, 0.717) is 46.7 Å². The number of hydrogen-bond acceptors (Lipinski definition) is 7. The van der Waals surface area contributed by atoms with Gasteiger partial charge in [0.1, 0.15) is 21.4 Å². The highest BCUT2D eigenvalue weighted by Gasteiger charge is 2.31. The minimum Gasteiger partial charge on any atom is -0.478 e. The summed E-state index contributed by atoms with van der Waals surface area (Å²) in [5.41, 5.74) is 0.384. The lowest BCUT2D eigenvalue weighted by Gasteiger charge is -2.19. The van der Waals surface area contributed by atoms with E-state index >= 15 is 0 Å². The molecule has 3 rings (SSSR count). The number of ether oxygens (including phenoxy) is 1. The monoisotopic (exact) mass is 502 g/mol. The molecular weight excluding hydrogens is 476 g/mol. The number of carboxylic acids is 1. The Morgan fingerprint density at radius 1 is 1.18 bits per heavy atom. The quantitative estimate of drug-likeness (QED) is 0.290. The van der Waals surface area contributed by atoms with Crippen molar-refractivity contribution in [3.63, 3.8) is 0 Å². The fourth-order valence-electron chi connectivity index (χ4n) is 3.08. The van der Waals surface area contributed by atoms with Crippen LogP contribution in [0.5, 0.6) is 0 Å². The zero-order valence-electron chi connectivity index (χ0n) is 19.1. The van der Waals surface area contributed by atoms with E-state index in [0.717, 1.165) is 5.56 Å². The van der Waals surface area contributed by atoms with Gasteiger partial charge < -0.3 is 19.6 Å². The third-order valence-corrected chi connectivity index (χ3v) is 6.04. The van der Waals surface area contributed by atoms with Gasteiger partial charge >= 0.3 is 12.1 Å². The molecule has 1 saturated heterocycles. The van der Waals surface area contributed by atoms with Gasteiger partial charge in [-0.05, 0) is 57.9 Å². The van der Waals surface area contributed by atoms with Gasteiger partial charge in [0, 0.05) is 24.7 Å². The van der Waals surface area contributed by atoms with Crippen LogP contribution in [0.2, 0.25) is 0 Å². The molecule has 180 valence electrons. The van der Waals surface area contributed by atoms with E-state index in [-0.39, 0.29) is 11.5 Å². The van der Waals surface area contributed by atoms with Crippen molar-refractivity contribution in [1.29, 1.82) is 0 Å². The van der Waals surface area contributed by atoms with E-state index in [1.807, 2.05) is 0 Å². The van der Waals surface area contributed by atoms with Gasteiger partial charge in [-0.3, -0.25) is 9.69 Å². The molecule has 1 aromatic carbocycles. The number of carboxylic acid groups (broad SMARTS) is 1. The molecule has 1 aliphatic rings. The van der Waals surface area contributed by atoms with E-state index < -0.39 is 17.7 Å². The van der Waals surface area contributed by atoms with Crippen molar-refractivity contribution >= 4 is 52.3 Å². The van der Waals surface area contributed by atoms with Crippen molar-refractivity contribution in [3.05, 3.63) is 52.6 Å². The lowest BCUT2D eigenvalue weighted by molar-refractivity contribution is -0.122. The molecular formula is C24H26N2O6S2. The first kappa shape index (κ1) is 25.5. The SMILES string of the molecule is CC(C)(C)OC(=O)NCCCCN1C(=O)/C(=C/c2ccc(-c3ccc(C(=O)O)cc3)o2)SC1=S. The fraction of sp³-hybridized carbons (Fsp3) is 0.333. The van der Waals surface area contributed by atoms with E-state index in [4.69, 9.17) is 26.5 Å². The van der Waals surface area contributed by atoms with Gasteiger partial charge in [0.05, 0.1) is 10.5 Å². The van der Waals surface area contributed by atoms with Crippen molar-refractivity contribution in [2.75, 3.05) is 13.1 Å². The van der Waals surface area contributed by atoms with Gasteiger partial charge in [0.15, 0.2) is 0 Å². The summed E-state index contributed by atoms with van der Waals surface area (Å²) in [5.74, 6) is -0.109. The molecule has 2 N–H and O–H groups in total. The van der Waals surface area contributed by atoms with Gasteiger partial charge in [0.2, 0.25) is 0 Å². The van der Waals surface area contributed by atoms with Crippen LogP contribution in [0.3, 0.4) is 0 Å². The second-order valence-electron chi connectivity index (χ2n) is 8.55.